The number of benzene rings is 2. The van der Waals surface area contributed by atoms with E-state index in [-0.39, 0.29) is 11.3 Å². The largest absolute Gasteiger partial charge is 0.493 e. The van der Waals surface area contributed by atoms with E-state index in [2.05, 4.69) is 4.98 Å². The van der Waals surface area contributed by atoms with Crippen LogP contribution in [0.4, 0.5) is 4.39 Å². The molecule has 4 rings (SSSR count). The van der Waals surface area contributed by atoms with Gasteiger partial charge >= 0.3 is 0 Å². The molecular formula is C25H26FNO4S. The number of methoxy groups -OCH3 is 2. The Morgan fingerprint density at radius 3 is 2.50 bits per heavy atom. The lowest BCUT2D eigenvalue weighted by Crippen LogP contribution is -2.13. The number of ketones is 1. The summed E-state index contributed by atoms with van der Waals surface area (Å²) >= 11 is 1.65. The quantitative estimate of drug-likeness (QED) is 0.365. The van der Waals surface area contributed by atoms with Gasteiger partial charge in [0, 0.05) is 29.0 Å². The second-order valence-electron chi connectivity index (χ2n) is 7.77. The van der Waals surface area contributed by atoms with Crippen LogP contribution in [-0.4, -0.2) is 36.0 Å². The molecule has 168 valence electrons. The Labute approximate surface area is 191 Å². The number of halogens is 1. The molecule has 1 aliphatic rings. The first kappa shape index (κ1) is 22.4. The van der Waals surface area contributed by atoms with Crippen LogP contribution in [0.15, 0.2) is 42.6 Å². The lowest BCUT2D eigenvalue weighted by Gasteiger charge is -2.20. The molecule has 0 bridgehead atoms. The smallest absolute Gasteiger partial charge is 0.175 e. The molecule has 1 aromatic heterocycles. The molecule has 32 heavy (non-hydrogen) atoms. The minimum atomic E-state index is -0.575. The number of nitrogens with zero attached hydrogens (tertiary/aromatic N) is 1. The average Bonchev–Trinajstić information content (AvgIpc) is 2.82. The predicted octanol–water partition coefficient (Wildman–Crippen LogP) is 6.43. The molecule has 5 nitrogen and oxygen atoms in total. The Bertz CT molecular complexity index is 1110. The van der Waals surface area contributed by atoms with Crippen molar-refractivity contribution in [2.75, 3.05) is 20.0 Å². The number of rotatable bonds is 8. The maximum atomic E-state index is 14.7. The second kappa shape index (κ2) is 10.2. The standard InChI is InChI=1S/C25H26FNO4S/c1-29-24-13-19-21(14-25(24)30-2)27-11-10-23(19)31-16-8-9-18(20(26)12-16)22(28)15-32-17-6-4-3-5-7-17/h8-14,17H,3-7,15H2,1-2H3. The van der Waals surface area contributed by atoms with Gasteiger partial charge in [-0.2, -0.15) is 11.8 Å². The number of carbonyl (C=O) groups excluding carboxylic acids is 1. The van der Waals surface area contributed by atoms with Crippen molar-refractivity contribution < 1.29 is 23.4 Å². The molecule has 7 heteroatoms. The minimum absolute atomic E-state index is 0.103. The molecule has 0 radical (unpaired) electrons. The van der Waals surface area contributed by atoms with Crippen LogP contribution < -0.4 is 14.2 Å². The topological polar surface area (TPSA) is 57.7 Å². The normalized spacial score (nSPS) is 14.3. The third-order valence-electron chi connectivity index (χ3n) is 5.68. The van der Waals surface area contributed by atoms with Crippen LogP contribution in [0, 0.1) is 5.82 Å². The zero-order valence-electron chi connectivity index (χ0n) is 18.2. The monoisotopic (exact) mass is 455 g/mol. The molecule has 0 amide bonds. The van der Waals surface area contributed by atoms with Crippen LogP contribution in [0.5, 0.6) is 23.0 Å². The van der Waals surface area contributed by atoms with Gasteiger partial charge in [0.2, 0.25) is 0 Å². The Balaban J connectivity index is 1.51. The van der Waals surface area contributed by atoms with Crippen LogP contribution in [-0.2, 0) is 0 Å². The summed E-state index contributed by atoms with van der Waals surface area (Å²) in [5, 5.41) is 1.21. The number of carbonyl (C=O) groups is 1. The van der Waals surface area contributed by atoms with E-state index in [0.717, 1.165) is 12.8 Å². The van der Waals surface area contributed by atoms with Gasteiger partial charge in [-0.1, -0.05) is 19.3 Å². The van der Waals surface area contributed by atoms with E-state index < -0.39 is 5.82 Å². The van der Waals surface area contributed by atoms with E-state index in [4.69, 9.17) is 14.2 Å². The van der Waals surface area contributed by atoms with E-state index >= 15 is 0 Å². The molecule has 0 aliphatic heterocycles. The average molecular weight is 456 g/mol. The van der Waals surface area contributed by atoms with E-state index in [1.54, 1.807) is 56.4 Å². The first-order valence-corrected chi connectivity index (χ1v) is 11.8. The van der Waals surface area contributed by atoms with Gasteiger partial charge in [-0.15, -0.1) is 0 Å². The van der Waals surface area contributed by atoms with Crippen molar-refractivity contribution in [1.29, 1.82) is 0 Å². The summed E-state index contributed by atoms with van der Waals surface area (Å²) in [6.45, 7) is 0. The number of fused-ring (bicyclic) bond motifs is 1. The lowest BCUT2D eigenvalue weighted by molar-refractivity contribution is 0.101. The molecule has 0 unspecified atom stereocenters. The maximum Gasteiger partial charge on any atom is 0.175 e. The molecular weight excluding hydrogens is 429 g/mol. The predicted molar refractivity (Wildman–Crippen MR) is 125 cm³/mol. The molecule has 1 heterocycles. The fourth-order valence-electron chi connectivity index (χ4n) is 3.95. The summed E-state index contributed by atoms with van der Waals surface area (Å²) in [5.41, 5.74) is 0.763. The summed E-state index contributed by atoms with van der Waals surface area (Å²) in [7, 11) is 3.11. The fraction of sp³-hybridized carbons (Fsp3) is 0.360. The summed E-state index contributed by atoms with van der Waals surface area (Å²) in [6, 6.07) is 9.61. The van der Waals surface area contributed by atoms with Crippen molar-refractivity contribution in [1.82, 2.24) is 4.98 Å². The second-order valence-corrected chi connectivity index (χ2v) is 9.06. The van der Waals surface area contributed by atoms with Gasteiger partial charge < -0.3 is 14.2 Å². The van der Waals surface area contributed by atoms with Crippen LogP contribution in [0.3, 0.4) is 0 Å². The highest BCUT2D eigenvalue weighted by Gasteiger charge is 2.19. The van der Waals surface area contributed by atoms with Crippen molar-refractivity contribution in [3.05, 3.63) is 54.0 Å². The molecule has 0 N–H and O–H groups in total. The third-order valence-corrected chi connectivity index (χ3v) is 7.05. The molecule has 1 aliphatic carbocycles. The van der Waals surface area contributed by atoms with E-state index in [1.807, 2.05) is 0 Å². The molecule has 3 aromatic rings. The number of pyridine rings is 1. The number of Topliss-reactive ketones (excluding diaryl/α,β-unsaturated/α-hetero) is 1. The van der Waals surface area contributed by atoms with Gasteiger partial charge in [0.1, 0.15) is 17.3 Å². The highest BCUT2D eigenvalue weighted by molar-refractivity contribution is 8.00. The zero-order chi connectivity index (χ0) is 22.5. The highest BCUT2D eigenvalue weighted by Crippen LogP contribution is 2.37. The molecule has 0 spiro atoms. The number of hydrogen-bond donors (Lipinski definition) is 0. The number of thioether (sulfide) groups is 1. The fourth-order valence-corrected chi connectivity index (χ4v) is 5.16. The van der Waals surface area contributed by atoms with Crippen LogP contribution in [0.25, 0.3) is 10.9 Å². The van der Waals surface area contributed by atoms with Gasteiger partial charge in [-0.25, -0.2) is 4.39 Å². The summed E-state index contributed by atoms with van der Waals surface area (Å²) in [5.74, 6) is 1.46. The number of aromatic nitrogens is 1. The van der Waals surface area contributed by atoms with E-state index in [0.29, 0.717) is 44.9 Å². The van der Waals surface area contributed by atoms with Crippen molar-refractivity contribution in [2.45, 2.75) is 37.4 Å². The van der Waals surface area contributed by atoms with Crippen LogP contribution in [0.1, 0.15) is 42.5 Å². The molecule has 1 saturated carbocycles. The van der Waals surface area contributed by atoms with Crippen LogP contribution in [0.2, 0.25) is 0 Å². The van der Waals surface area contributed by atoms with Crippen molar-refractivity contribution >= 4 is 28.4 Å². The van der Waals surface area contributed by atoms with Gasteiger partial charge in [-0.05, 0) is 37.1 Å². The molecule has 0 atom stereocenters. The molecule has 2 aromatic carbocycles. The summed E-state index contributed by atoms with van der Waals surface area (Å²) < 4.78 is 31.4. The minimum Gasteiger partial charge on any atom is -0.493 e. The van der Waals surface area contributed by atoms with Gasteiger partial charge in [0.05, 0.1) is 31.1 Å². The Hall–Kier alpha value is -2.80. The van der Waals surface area contributed by atoms with Crippen molar-refractivity contribution in [3.8, 4) is 23.0 Å². The zero-order valence-corrected chi connectivity index (χ0v) is 19.0. The summed E-state index contributed by atoms with van der Waals surface area (Å²) in [6.07, 6.45) is 7.60. The highest BCUT2D eigenvalue weighted by atomic mass is 32.2. The van der Waals surface area contributed by atoms with Gasteiger partial charge in [0.15, 0.2) is 17.3 Å². The first-order chi connectivity index (χ1) is 15.6. The Kier molecular flexibility index (Phi) is 7.15. The van der Waals surface area contributed by atoms with Crippen molar-refractivity contribution in [3.63, 3.8) is 0 Å². The molecule has 1 fully saturated rings. The number of hydrogen-bond acceptors (Lipinski definition) is 6. The lowest BCUT2D eigenvalue weighted by atomic mass is 10.0. The molecule has 0 saturated heterocycles. The van der Waals surface area contributed by atoms with Gasteiger partial charge in [-0.3, -0.25) is 9.78 Å². The van der Waals surface area contributed by atoms with Crippen LogP contribution >= 0.6 is 11.8 Å². The Morgan fingerprint density at radius 1 is 1.03 bits per heavy atom. The summed E-state index contributed by atoms with van der Waals surface area (Å²) in [4.78, 5) is 16.9. The van der Waals surface area contributed by atoms with E-state index in [1.165, 1.54) is 31.4 Å². The number of ether oxygens (including phenoxy) is 3. The van der Waals surface area contributed by atoms with E-state index in [9.17, 15) is 9.18 Å². The third kappa shape index (κ3) is 4.99. The SMILES string of the molecule is COc1cc2nccc(Oc3ccc(C(=O)CSC4CCCCC4)c(F)c3)c2cc1OC. The maximum absolute atomic E-state index is 14.7. The first-order valence-electron chi connectivity index (χ1n) is 10.7. The van der Waals surface area contributed by atoms with Crippen molar-refractivity contribution in [2.24, 2.45) is 0 Å². The Morgan fingerprint density at radius 2 is 1.78 bits per heavy atom. The van der Waals surface area contributed by atoms with Gasteiger partial charge in [0.25, 0.3) is 0 Å².